The highest BCUT2D eigenvalue weighted by Gasteiger charge is 2.10. The van der Waals surface area contributed by atoms with E-state index in [1.807, 2.05) is 0 Å². The third-order valence-electron chi connectivity index (χ3n) is 2.56. The fourth-order valence-corrected chi connectivity index (χ4v) is 1.81. The molecule has 0 aliphatic rings. The highest BCUT2D eigenvalue weighted by molar-refractivity contribution is 5.45. The van der Waals surface area contributed by atoms with E-state index in [1.165, 1.54) is 6.07 Å². The van der Waals surface area contributed by atoms with Gasteiger partial charge in [-0.05, 0) is 31.0 Å². The summed E-state index contributed by atoms with van der Waals surface area (Å²) in [5.74, 6) is -0.797. The maximum absolute atomic E-state index is 13.4. The first-order valence-electron chi connectivity index (χ1n) is 5.89. The highest BCUT2D eigenvalue weighted by Crippen LogP contribution is 2.19. The fraction of sp³-hybridized carbons (Fsp3) is 0.538. The first-order valence-corrected chi connectivity index (χ1v) is 5.89. The van der Waals surface area contributed by atoms with Gasteiger partial charge >= 0.3 is 0 Å². The van der Waals surface area contributed by atoms with E-state index in [0.29, 0.717) is 0 Å². The molecule has 0 fully saturated rings. The van der Waals surface area contributed by atoms with E-state index in [-0.39, 0.29) is 11.7 Å². The Morgan fingerprint density at radius 3 is 2.31 bits per heavy atom. The van der Waals surface area contributed by atoms with E-state index in [2.05, 4.69) is 19.2 Å². The molecule has 0 bridgehead atoms. The lowest BCUT2D eigenvalue weighted by molar-refractivity contribution is 0.568. The number of rotatable bonds is 6. The molecule has 0 unspecified atom stereocenters. The Balaban J connectivity index is 2.71. The molecule has 0 spiro atoms. The largest absolute Gasteiger partial charge is 0.380 e. The smallest absolute Gasteiger partial charge is 0.146 e. The topological polar surface area (TPSA) is 12.0 Å². The zero-order chi connectivity index (χ0) is 12.0. The molecule has 0 amide bonds. The molecular weight excluding hydrogens is 208 g/mol. The van der Waals surface area contributed by atoms with Crippen LogP contribution >= 0.6 is 0 Å². The Kier molecular flexibility index (Phi) is 5.23. The average molecular weight is 227 g/mol. The van der Waals surface area contributed by atoms with Crippen LogP contribution in [0.2, 0.25) is 0 Å². The molecule has 1 aromatic carbocycles. The summed E-state index contributed by atoms with van der Waals surface area (Å²) in [5.41, 5.74) is 0.270. The van der Waals surface area contributed by atoms with Gasteiger partial charge in [0.15, 0.2) is 0 Å². The summed E-state index contributed by atoms with van der Waals surface area (Å²) in [7, 11) is 0. The number of hydrogen-bond donors (Lipinski definition) is 1. The zero-order valence-corrected chi connectivity index (χ0v) is 9.89. The lowest BCUT2D eigenvalue weighted by Gasteiger charge is -2.19. The second kappa shape index (κ2) is 6.46. The molecule has 0 aliphatic heterocycles. The summed E-state index contributed by atoms with van der Waals surface area (Å²) < 4.78 is 26.3. The predicted octanol–water partition coefficient (Wildman–Crippen LogP) is 4.35. The zero-order valence-electron chi connectivity index (χ0n) is 9.89. The van der Waals surface area contributed by atoms with Crippen molar-refractivity contribution in [2.45, 2.75) is 45.6 Å². The molecule has 1 aromatic rings. The standard InChI is InChI=1S/C13H19F2N/c1-3-5-11(6-4-2)16-13-9-10(14)7-8-12(13)15/h7-9,11,16H,3-6H2,1-2H3. The van der Waals surface area contributed by atoms with E-state index in [0.717, 1.165) is 37.8 Å². The van der Waals surface area contributed by atoms with Crippen LogP contribution in [-0.2, 0) is 0 Å². The minimum Gasteiger partial charge on any atom is -0.380 e. The minimum atomic E-state index is -0.407. The molecule has 90 valence electrons. The number of hydrogen-bond acceptors (Lipinski definition) is 1. The van der Waals surface area contributed by atoms with E-state index in [9.17, 15) is 8.78 Å². The second-order valence-electron chi connectivity index (χ2n) is 4.04. The van der Waals surface area contributed by atoms with Crippen molar-refractivity contribution in [1.82, 2.24) is 0 Å². The van der Waals surface area contributed by atoms with E-state index >= 15 is 0 Å². The van der Waals surface area contributed by atoms with E-state index in [1.54, 1.807) is 0 Å². The minimum absolute atomic E-state index is 0.228. The summed E-state index contributed by atoms with van der Waals surface area (Å²) in [6, 6.07) is 3.74. The third kappa shape index (κ3) is 3.80. The van der Waals surface area contributed by atoms with Crippen LogP contribution in [0.5, 0.6) is 0 Å². The van der Waals surface area contributed by atoms with Crippen LogP contribution < -0.4 is 5.32 Å². The SMILES string of the molecule is CCCC(CCC)Nc1cc(F)ccc1F. The number of nitrogens with one attached hydrogen (secondary N) is 1. The molecule has 1 rings (SSSR count). The lowest BCUT2D eigenvalue weighted by atomic mass is 10.1. The molecule has 0 heterocycles. The maximum Gasteiger partial charge on any atom is 0.146 e. The van der Waals surface area contributed by atoms with Crippen molar-refractivity contribution in [3.8, 4) is 0 Å². The Hall–Kier alpha value is -1.12. The summed E-state index contributed by atoms with van der Waals surface area (Å²) >= 11 is 0. The van der Waals surface area contributed by atoms with Gasteiger partial charge < -0.3 is 5.32 Å². The molecule has 1 N–H and O–H groups in total. The number of halogens is 2. The second-order valence-corrected chi connectivity index (χ2v) is 4.04. The molecule has 0 aromatic heterocycles. The van der Waals surface area contributed by atoms with E-state index < -0.39 is 11.6 Å². The molecule has 0 radical (unpaired) electrons. The Morgan fingerprint density at radius 1 is 1.12 bits per heavy atom. The van der Waals surface area contributed by atoms with Gasteiger partial charge in [-0.2, -0.15) is 0 Å². The van der Waals surface area contributed by atoms with Gasteiger partial charge in [0.1, 0.15) is 11.6 Å². The van der Waals surface area contributed by atoms with Crippen molar-refractivity contribution < 1.29 is 8.78 Å². The molecule has 1 nitrogen and oxygen atoms in total. The van der Waals surface area contributed by atoms with Crippen LogP contribution in [0.3, 0.4) is 0 Å². The third-order valence-corrected chi connectivity index (χ3v) is 2.56. The van der Waals surface area contributed by atoms with E-state index in [4.69, 9.17) is 0 Å². The number of benzene rings is 1. The predicted molar refractivity (Wildman–Crippen MR) is 63.6 cm³/mol. The van der Waals surface area contributed by atoms with Crippen molar-refractivity contribution in [2.24, 2.45) is 0 Å². The van der Waals surface area contributed by atoms with Gasteiger partial charge in [0.05, 0.1) is 5.69 Å². The lowest BCUT2D eigenvalue weighted by Crippen LogP contribution is -2.19. The summed E-state index contributed by atoms with van der Waals surface area (Å²) in [6.07, 6.45) is 4.02. The monoisotopic (exact) mass is 227 g/mol. The summed E-state index contributed by atoms with van der Waals surface area (Å²) in [4.78, 5) is 0. The van der Waals surface area contributed by atoms with Crippen LogP contribution in [0.1, 0.15) is 39.5 Å². The first-order chi connectivity index (χ1) is 7.67. The summed E-state index contributed by atoms with van der Waals surface area (Å²) in [5, 5.41) is 3.07. The molecule has 0 saturated carbocycles. The van der Waals surface area contributed by atoms with Crippen molar-refractivity contribution >= 4 is 5.69 Å². The van der Waals surface area contributed by atoms with Gasteiger partial charge in [0, 0.05) is 6.04 Å². The molecule has 0 atom stereocenters. The average Bonchev–Trinajstić information content (AvgIpc) is 2.24. The van der Waals surface area contributed by atoms with Gasteiger partial charge in [-0.25, -0.2) is 8.78 Å². The van der Waals surface area contributed by atoms with Gasteiger partial charge in [-0.3, -0.25) is 0 Å². The van der Waals surface area contributed by atoms with Crippen molar-refractivity contribution in [3.63, 3.8) is 0 Å². The fourth-order valence-electron chi connectivity index (χ4n) is 1.81. The van der Waals surface area contributed by atoms with Crippen molar-refractivity contribution in [2.75, 3.05) is 5.32 Å². The Morgan fingerprint density at radius 2 is 1.75 bits per heavy atom. The van der Waals surface area contributed by atoms with Crippen molar-refractivity contribution in [1.29, 1.82) is 0 Å². The maximum atomic E-state index is 13.4. The van der Waals surface area contributed by atoms with Crippen molar-refractivity contribution in [3.05, 3.63) is 29.8 Å². The normalized spacial score (nSPS) is 10.8. The Bertz CT molecular complexity index is 320. The molecule has 0 aliphatic carbocycles. The Labute approximate surface area is 95.9 Å². The quantitative estimate of drug-likeness (QED) is 0.762. The van der Waals surface area contributed by atoms with Gasteiger partial charge in [-0.1, -0.05) is 26.7 Å². The van der Waals surface area contributed by atoms with Crippen LogP contribution in [0, 0.1) is 11.6 Å². The number of anilines is 1. The molecular formula is C13H19F2N. The molecule has 0 saturated heterocycles. The summed E-state index contributed by atoms with van der Waals surface area (Å²) in [6.45, 7) is 4.18. The molecule has 3 heteroatoms. The van der Waals surface area contributed by atoms with Crippen LogP contribution in [-0.4, -0.2) is 6.04 Å². The van der Waals surface area contributed by atoms with Crippen LogP contribution in [0.15, 0.2) is 18.2 Å². The van der Waals surface area contributed by atoms with Gasteiger partial charge in [0.2, 0.25) is 0 Å². The van der Waals surface area contributed by atoms with Crippen LogP contribution in [0.4, 0.5) is 14.5 Å². The first kappa shape index (κ1) is 12.9. The van der Waals surface area contributed by atoms with Gasteiger partial charge in [0.25, 0.3) is 0 Å². The van der Waals surface area contributed by atoms with Crippen LogP contribution in [0.25, 0.3) is 0 Å². The van der Waals surface area contributed by atoms with Gasteiger partial charge in [-0.15, -0.1) is 0 Å². The molecule has 16 heavy (non-hydrogen) atoms. The highest BCUT2D eigenvalue weighted by atomic mass is 19.1.